The highest BCUT2D eigenvalue weighted by Crippen LogP contribution is 2.29. The Morgan fingerprint density at radius 3 is 2.67 bits per heavy atom. The number of hydrogen-bond donors (Lipinski definition) is 1. The zero-order valence-corrected chi connectivity index (χ0v) is 8.76. The predicted molar refractivity (Wildman–Crippen MR) is 48.2 cm³/mol. The third-order valence-corrected chi connectivity index (χ3v) is 2.18. The number of carboxylic acid groups (broad SMARTS) is 1. The van der Waals surface area contributed by atoms with Gasteiger partial charge in [-0.1, -0.05) is 0 Å². The number of alkyl halides is 2. The zero-order valence-electron chi connectivity index (χ0n) is 7.18. The number of aromatic nitrogens is 1. The van der Waals surface area contributed by atoms with Crippen molar-refractivity contribution in [3.8, 4) is 0 Å². The largest absolute Gasteiger partial charge is 0.481 e. The fourth-order valence-corrected chi connectivity index (χ4v) is 1.34. The maximum absolute atomic E-state index is 13.2. The molecule has 1 aromatic heterocycles. The molecule has 1 aromatic rings. The number of hydrogen-bond acceptors (Lipinski definition) is 2. The van der Waals surface area contributed by atoms with E-state index in [9.17, 15) is 18.0 Å². The molecule has 0 spiro atoms. The summed E-state index contributed by atoms with van der Waals surface area (Å²) in [5.74, 6) is -2.51. The second-order valence-electron chi connectivity index (χ2n) is 2.65. The summed E-state index contributed by atoms with van der Waals surface area (Å²) in [5.41, 5.74) is -1.43. The van der Waals surface area contributed by atoms with Crippen LogP contribution in [0.15, 0.2) is 10.7 Å². The Bertz CT molecular complexity index is 398. The Labute approximate surface area is 91.1 Å². The number of carbonyl (C=O) groups is 1. The van der Waals surface area contributed by atoms with Crippen molar-refractivity contribution < 1.29 is 23.1 Å². The van der Waals surface area contributed by atoms with E-state index >= 15 is 0 Å². The highest BCUT2D eigenvalue weighted by atomic mass is 79.9. The van der Waals surface area contributed by atoms with Crippen LogP contribution in [0.25, 0.3) is 0 Å². The molecule has 15 heavy (non-hydrogen) atoms. The summed E-state index contributed by atoms with van der Waals surface area (Å²) in [6, 6.07) is 0. The van der Waals surface area contributed by atoms with Crippen LogP contribution in [0, 0.1) is 5.82 Å². The van der Waals surface area contributed by atoms with Crippen molar-refractivity contribution in [1.82, 2.24) is 4.98 Å². The van der Waals surface area contributed by atoms with Crippen LogP contribution in [0.3, 0.4) is 0 Å². The molecule has 0 aliphatic carbocycles. The van der Waals surface area contributed by atoms with Gasteiger partial charge in [0.05, 0.1) is 22.2 Å². The average Bonchev–Trinajstić information content (AvgIpc) is 2.10. The van der Waals surface area contributed by atoms with E-state index in [4.69, 9.17) is 5.11 Å². The summed E-state index contributed by atoms with van der Waals surface area (Å²) in [4.78, 5) is 13.8. The van der Waals surface area contributed by atoms with Gasteiger partial charge in [-0.05, 0) is 15.9 Å². The summed E-state index contributed by atoms with van der Waals surface area (Å²) in [5, 5.41) is 8.41. The molecule has 0 saturated carbocycles. The van der Waals surface area contributed by atoms with Crippen molar-refractivity contribution in [2.24, 2.45) is 0 Å². The second-order valence-corrected chi connectivity index (χ2v) is 3.51. The number of nitrogens with zero attached hydrogens (tertiary/aromatic N) is 1. The van der Waals surface area contributed by atoms with E-state index in [1.54, 1.807) is 0 Å². The van der Waals surface area contributed by atoms with Crippen LogP contribution >= 0.6 is 15.9 Å². The van der Waals surface area contributed by atoms with Gasteiger partial charge in [0.2, 0.25) is 0 Å². The second kappa shape index (κ2) is 4.61. The summed E-state index contributed by atoms with van der Waals surface area (Å²) in [6.07, 6.45) is -2.87. The fourth-order valence-electron chi connectivity index (χ4n) is 1.02. The molecule has 1 rings (SSSR count). The maximum atomic E-state index is 13.2. The Morgan fingerprint density at radius 1 is 1.60 bits per heavy atom. The van der Waals surface area contributed by atoms with E-state index in [1.807, 2.05) is 0 Å². The van der Waals surface area contributed by atoms with E-state index in [0.717, 1.165) is 6.20 Å². The molecule has 1 N–H and O–H groups in total. The van der Waals surface area contributed by atoms with Gasteiger partial charge in [-0.25, -0.2) is 13.2 Å². The molecule has 0 aliphatic rings. The maximum Gasteiger partial charge on any atom is 0.309 e. The number of rotatable bonds is 3. The average molecular weight is 284 g/mol. The number of pyridine rings is 1. The Morgan fingerprint density at radius 2 is 2.20 bits per heavy atom. The third kappa shape index (κ3) is 2.68. The van der Waals surface area contributed by atoms with Crippen LogP contribution in [-0.2, 0) is 11.2 Å². The lowest BCUT2D eigenvalue weighted by Crippen LogP contribution is -2.08. The number of carboxylic acids is 1. The van der Waals surface area contributed by atoms with Crippen LogP contribution in [-0.4, -0.2) is 16.1 Å². The molecule has 0 unspecified atom stereocenters. The van der Waals surface area contributed by atoms with E-state index in [2.05, 4.69) is 20.9 Å². The number of halogens is 4. The van der Waals surface area contributed by atoms with Crippen molar-refractivity contribution in [3.63, 3.8) is 0 Å². The van der Waals surface area contributed by atoms with Crippen LogP contribution in [0.1, 0.15) is 17.7 Å². The minimum Gasteiger partial charge on any atom is -0.481 e. The molecule has 82 valence electrons. The van der Waals surface area contributed by atoms with E-state index in [1.165, 1.54) is 0 Å². The standard InChI is InChI=1S/C8H5BrF3NO2/c9-3-2-13-4(1-5(14)15)6(7(3)10)8(11)12/h2,8H,1H2,(H,14,15). The van der Waals surface area contributed by atoms with Crippen molar-refractivity contribution in [2.75, 3.05) is 0 Å². The molecule has 0 saturated heterocycles. The van der Waals surface area contributed by atoms with Gasteiger partial charge in [0, 0.05) is 6.20 Å². The first kappa shape index (κ1) is 12.0. The van der Waals surface area contributed by atoms with Gasteiger partial charge >= 0.3 is 5.97 Å². The quantitative estimate of drug-likeness (QED) is 0.928. The van der Waals surface area contributed by atoms with Crippen molar-refractivity contribution in [3.05, 3.63) is 27.7 Å². The molecule has 0 amide bonds. The Hall–Kier alpha value is -1.11. The first-order valence-corrected chi connectivity index (χ1v) is 4.55. The van der Waals surface area contributed by atoms with Crippen LogP contribution in [0.2, 0.25) is 0 Å². The SMILES string of the molecule is O=C(O)Cc1ncc(Br)c(F)c1C(F)F. The number of aliphatic carboxylic acids is 1. The van der Waals surface area contributed by atoms with Gasteiger partial charge in [-0.15, -0.1) is 0 Å². The van der Waals surface area contributed by atoms with Gasteiger partial charge in [0.1, 0.15) is 5.82 Å². The van der Waals surface area contributed by atoms with Crippen LogP contribution < -0.4 is 0 Å². The highest BCUT2D eigenvalue weighted by molar-refractivity contribution is 9.10. The van der Waals surface area contributed by atoms with Crippen LogP contribution in [0.5, 0.6) is 0 Å². The minimum atomic E-state index is -3.09. The summed E-state index contributed by atoms with van der Waals surface area (Å²) in [6.45, 7) is 0. The predicted octanol–water partition coefficient (Wildman–Crippen LogP) is 2.55. The molecule has 0 bridgehead atoms. The van der Waals surface area contributed by atoms with E-state index < -0.39 is 35.9 Å². The molecule has 0 fully saturated rings. The van der Waals surface area contributed by atoms with Gasteiger partial charge in [-0.2, -0.15) is 0 Å². The smallest absolute Gasteiger partial charge is 0.309 e. The molecule has 0 radical (unpaired) electrons. The molecular weight excluding hydrogens is 279 g/mol. The monoisotopic (exact) mass is 283 g/mol. The lowest BCUT2D eigenvalue weighted by Gasteiger charge is -2.08. The van der Waals surface area contributed by atoms with Crippen molar-refractivity contribution >= 4 is 21.9 Å². The minimum absolute atomic E-state index is 0.216. The van der Waals surface area contributed by atoms with Crippen molar-refractivity contribution in [1.29, 1.82) is 0 Å². The van der Waals surface area contributed by atoms with E-state index in [0.29, 0.717) is 0 Å². The highest BCUT2D eigenvalue weighted by Gasteiger charge is 2.23. The fraction of sp³-hybridized carbons (Fsp3) is 0.250. The summed E-state index contributed by atoms with van der Waals surface area (Å²) >= 11 is 2.70. The molecule has 0 aromatic carbocycles. The molecular formula is C8H5BrF3NO2. The summed E-state index contributed by atoms with van der Waals surface area (Å²) < 4.78 is 37.8. The third-order valence-electron chi connectivity index (χ3n) is 1.63. The van der Waals surface area contributed by atoms with Crippen molar-refractivity contribution in [2.45, 2.75) is 12.8 Å². The van der Waals surface area contributed by atoms with Gasteiger partial charge in [0.15, 0.2) is 0 Å². The zero-order chi connectivity index (χ0) is 11.6. The molecule has 3 nitrogen and oxygen atoms in total. The van der Waals surface area contributed by atoms with E-state index in [-0.39, 0.29) is 4.47 Å². The van der Waals surface area contributed by atoms with Gasteiger partial charge in [0.25, 0.3) is 6.43 Å². The molecule has 7 heteroatoms. The molecule has 1 heterocycles. The Kier molecular flexibility index (Phi) is 3.67. The normalized spacial score (nSPS) is 10.7. The molecule has 0 atom stereocenters. The lowest BCUT2D eigenvalue weighted by molar-refractivity contribution is -0.136. The Balaban J connectivity index is 3.26. The topological polar surface area (TPSA) is 50.2 Å². The molecule has 0 aliphatic heterocycles. The first-order chi connectivity index (χ1) is 6.93. The lowest BCUT2D eigenvalue weighted by atomic mass is 10.1. The first-order valence-electron chi connectivity index (χ1n) is 3.76. The van der Waals surface area contributed by atoms with Crippen LogP contribution in [0.4, 0.5) is 13.2 Å². The summed E-state index contributed by atoms with van der Waals surface area (Å²) in [7, 11) is 0. The van der Waals surface area contributed by atoms with Gasteiger partial charge < -0.3 is 5.11 Å². The van der Waals surface area contributed by atoms with Gasteiger partial charge in [-0.3, -0.25) is 9.78 Å².